The second kappa shape index (κ2) is 11.4. The highest BCUT2D eigenvalue weighted by Gasteiger charge is 2.22. The van der Waals surface area contributed by atoms with Crippen LogP contribution < -0.4 is 14.4 Å². The number of benzene rings is 3. The molecule has 190 valence electrons. The number of aliphatic hydroxyl groups is 1. The van der Waals surface area contributed by atoms with Crippen molar-refractivity contribution in [3.63, 3.8) is 0 Å². The number of esters is 1. The third kappa shape index (κ3) is 5.87. The lowest BCUT2D eigenvalue weighted by atomic mass is 10.0. The number of hydrogen-bond acceptors (Lipinski definition) is 8. The molecule has 8 nitrogen and oxygen atoms in total. The number of fused-ring (bicyclic) bond motifs is 1. The van der Waals surface area contributed by atoms with Gasteiger partial charge in [-0.05, 0) is 36.8 Å². The minimum Gasteiger partial charge on any atom is -0.490 e. The molecule has 1 unspecified atom stereocenters. The molecule has 0 radical (unpaired) electrons. The van der Waals surface area contributed by atoms with Crippen LogP contribution in [-0.4, -0.2) is 71.4 Å². The van der Waals surface area contributed by atoms with Crippen LogP contribution in [0.2, 0.25) is 0 Å². The molecule has 5 rings (SSSR count). The molecule has 2 heterocycles. The number of carbonyl (C=O) groups is 1. The summed E-state index contributed by atoms with van der Waals surface area (Å²) in [6.45, 7) is 5.86. The van der Waals surface area contributed by atoms with Crippen LogP contribution in [-0.2, 0) is 0 Å². The van der Waals surface area contributed by atoms with Crippen LogP contribution in [0.4, 0.5) is 5.95 Å². The van der Waals surface area contributed by atoms with Crippen LogP contribution in [0.25, 0.3) is 10.8 Å². The van der Waals surface area contributed by atoms with Gasteiger partial charge in [0.2, 0.25) is 5.95 Å². The quantitative estimate of drug-likeness (QED) is 0.291. The Balaban J connectivity index is 1.22. The molecule has 1 aliphatic rings. The Morgan fingerprint density at radius 1 is 0.946 bits per heavy atom. The van der Waals surface area contributed by atoms with Crippen LogP contribution in [0.3, 0.4) is 0 Å². The first kappa shape index (κ1) is 24.7. The average molecular weight is 499 g/mol. The fourth-order valence-electron chi connectivity index (χ4n) is 4.57. The Bertz CT molecular complexity index is 1340. The van der Waals surface area contributed by atoms with E-state index in [1.165, 1.54) is 0 Å². The van der Waals surface area contributed by atoms with Crippen LogP contribution >= 0.6 is 0 Å². The van der Waals surface area contributed by atoms with Gasteiger partial charge in [-0.3, -0.25) is 4.90 Å². The molecule has 8 heteroatoms. The molecule has 0 amide bonds. The van der Waals surface area contributed by atoms with Gasteiger partial charge in [-0.25, -0.2) is 14.8 Å². The van der Waals surface area contributed by atoms with Crippen molar-refractivity contribution in [1.29, 1.82) is 0 Å². The summed E-state index contributed by atoms with van der Waals surface area (Å²) in [4.78, 5) is 25.7. The molecule has 4 aromatic rings. The summed E-state index contributed by atoms with van der Waals surface area (Å²) < 4.78 is 11.9. The zero-order chi connectivity index (χ0) is 25.6. The van der Waals surface area contributed by atoms with Crippen molar-refractivity contribution in [3.8, 4) is 11.5 Å². The maximum Gasteiger partial charge on any atom is 0.343 e. The summed E-state index contributed by atoms with van der Waals surface area (Å²) >= 11 is 0. The van der Waals surface area contributed by atoms with E-state index in [1.807, 2.05) is 49.4 Å². The van der Waals surface area contributed by atoms with Gasteiger partial charge < -0.3 is 19.5 Å². The lowest BCUT2D eigenvalue weighted by Crippen LogP contribution is -2.49. The smallest absolute Gasteiger partial charge is 0.343 e. The van der Waals surface area contributed by atoms with Gasteiger partial charge in [-0.1, -0.05) is 42.5 Å². The molecule has 37 heavy (non-hydrogen) atoms. The van der Waals surface area contributed by atoms with Gasteiger partial charge >= 0.3 is 5.97 Å². The highest BCUT2D eigenvalue weighted by Crippen LogP contribution is 2.37. The minimum absolute atomic E-state index is 0.163. The van der Waals surface area contributed by atoms with Crippen molar-refractivity contribution in [2.24, 2.45) is 0 Å². The molecule has 1 N–H and O–H groups in total. The van der Waals surface area contributed by atoms with Crippen molar-refractivity contribution >= 4 is 22.7 Å². The number of piperazine rings is 1. The monoisotopic (exact) mass is 498 g/mol. The van der Waals surface area contributed by atoms with Crippen LogP contribution in [0.5, 0.6) is 11.5 Å². The Hall–Kier alpha value is -4.01. The highest BCUT2D eigenvalue weighted by molar-refractivity contribution is 5.98. The van der Waals surface area contributed by atoms with E-state index in [0.29, 0.717) is 23.6 Å². The number of aromatic nitrogens is 2. The summed E-state index contributed by atoms with van der Waals surface area (Å²) in [5.41, 5.74) is 1.32. The molecule has 3 aromatic carbocycles. The number of anilines is 1. The number of rotatable bonds is 8. The van der Waals surface area contributed by atoms with E-state index in [1.54, 1.807) is 36.7 Å². The van der Waals surface area contributed by atoms with E-state index in [0.717, 1.165) is 48.5 Å². The summed E-state index contributed by atoms with van der Waals surface area (Å²) in [5, 5.41) is 12.3. The van der Waals surface area contributed by atoms with E-state index < -0.39 is 12.1 Å². The second-order valence-corrected chi connectivity index (χ2v) is 9.12. The molecule has 0 bridgehead atoms. The predicted molar refractivity (Wildman–Crippen MR) is 142 cm³/mol. The van der Waals surface area contributed by atoms with Crippen molar-refractivity contribution in [1.82, 2.24) is 14.9 Å². The third-order valence-electron chi connectivity index (χ3n) is 6.45. The fourth-order valence-corrected chi connectivity index (χ4v) is 4.57. The van der Waals surface area contributed by atoms with Crippen molar-refractivity contribution in [2.75, 3.05) is 44.2 Å². The molecule has 0 spiro atoms. The summed E-state index contributed by atoms with van der Waals surface area (Å²) in [7, 11) is 0. The first-order valence-corrected chi connectivity index (χ1v) is 12.4. The van der Waals surface area contributed by atoms with Gasteiger partial charge in [0, 0.05) is 55.9 Å². The van der Waals surface area contributed by atoms with Crippen molar-refractivity contribution in [3.05, 3.63) is 90.3 Å². The van der Waals surface area contributed by atoms with Gasteiger partial charge in [0.25, 0.3) is 0 Å². The summed E-state index contributed by atoms with van der Waals surface area (Å²) in [6.07, 6.45) is 2.86. The number of β-amino-alcohol motifs (C(OH)–C–C–N with tert-alkyl or cyclic N) is 1. The summed E-state index contributed by atoms with van der Waals surface area (Å²) in [5.74, 6) is 1.50. The lowest BCUT2D eigenvalue weighted by molar-refractivity contribution is 0.0665. The van der Waals surface area contributed by atoms with E-state index >= 15 is 0 Å². The highest BCUT2D eigenvalue weighted by atomic mass is 16.5. The van der Waals surface area contributed by atoms with E-state index in [9.17, 15) is 9.90 Å². The van der Waals surface area contributed by atoms with Gasteiger partial charge in [-0.2, -0.15) is 0 Å². The number of hydrogen-bond donors (Lipinski definition) is 1. The Morgan fingerprint density at radius 2 is 1.62 bits per heavy atom. The number of carbonyl (C=O) groups excluding carboxylic acids is 1. The average Bonchev–Trinajstić information content (AvgIpc) is 2.94. The summed E-state index contributed by atoms with van der Waals surface area (Å²) in [6, 6.07) is 20.2. The lowest BCUT2D eigenvalue weighted by Gasteiger charge is -2.35. The minimum atomic E-state index is -0.645. The van der Waals surface area contributed by atoms with Gasteiger partial charge in [0.15, 0.2) is 0 Å². The largest absolute Gasteiger partial charge is 0.490 e. The molecular formula is C29H30N4O4. The van der Waals surface area contributed by atoms with E-state index in [4.69, 9.17) is 9.47 Å². The van der Waals surface area contributed by atoms with E-state index in [-0.39, 0.29) is 6.61 Å². The SMILES string of the molecule is Cc1cc(OC(=O)c2ccccc2)c2ccccc2c1OCC(O)CN1CCN(c2ncccn2)CC1. The zero-order valence-electron chi connectivity index (χ0n) is 20.8. The zero-order valence-corrected chi connectivity index (χ0v) is 20.8. The normalized spacial score (nSPS) is 14.9. The van der Waals surface area contributed by atoms with Crippen molar-refractivity contribution in [2.45, 2.75) is 13.0 Å². The van der Waals surface area contributed by atoms with Gasteiger partial charge in [0.05, 0.1) is 5.56 Å². The topological polar surface area (TPSA) is 88.0 Å². The molecule has 0 aliphatic carbocycles. The third-order valence-corrected chi connectivity index (χ3v) is 6.45. The second-order valence-electron chi connectivity index (χ2n) is 9.12. The fraction of sp³-hybridized carbons (Fsp3) is 0.276. The maximum absolute atomic E-state index is 12.7. The van der Waals surface area contributed by atoms with Crippen molar-refractivity contribution < 1.29 is 19.4 Å². The predicted octanol–water partition coefficient (Wildman–Crippen LogP) is 3.72. The van der Waals surface area contributed by atoms with Gasteiger partial charge in [0.1, 0.15) is 24.2 Å². The molecule has 0 saturated carbocycles. The molecule has 1 atom stereocenters. The molecule has 1 fully saturated rings. The number of aliphatic hydroxyl groups excluding tert-OH is 1. The molecule has 1 saturated heterocycles. The number of aryl methyl sites for hydroxylation is 1. The van der Waals surface area contributed by atoms with Crippen LogP contribution in [0.1, 0.15) is 15.9 Å². The molecule has 1 aromatic heterocycles. The van der Waals surface area contributed by atoms with Gasteiger partial charge in [-0.15, -0.1) is 0 Å². The number of nitrogens with zero attached hydrogens (tertiary/aromatic N) is 4. The first-order valence-electron chi connectivity index (χ1n) is 12.4. The molecular weight excluding hydrogens is 468 g/mol. The van der Waals surface area contributed by atoms with Crippen LogP contribution in [0.15, 0.2) is 79.1 Å². The van der Waals surface area contributed by atoms with E-state index in [2.05, 4.69) is 19.8 Å². The standard InChI is InChI=1S/C29H30N4O4/c1-21-18-26(37-28(35)22-8-3-2-4-9-22)24-10-5-6-11-25(24)27(21)36-20-23(34)19-32-14-16-33(17-15-32)29-30-12-7-13-31-29/h2-13,18,23,34H,14-17,19-20H2,1H3. The Kier molecular flexibility index (Phi) is 7.58. The maximum atomic E-state index is 12.7. The van der Waals surface area contributed by atoms with Crippen LogP contribution in [0, 0.1) is 6.92 Å². The Morgan fingerprint density at radius 3 is 2.35 bits per heavy atom. The molecule has 1 aliphatic heterocycles. The number of ether oxygens (including phenoxy) is 2. The first-order chi connectivity index (χ1) is 18.1. The Labute approximate surface area is 216 Å².